The number of hydrogen-bond acceptors (Lipinski definition) is 5. The molecule has 0 atom stereocenters. The van der Waals surface area contributed by atoms with Gasteiger partial charge >= 0.3 is 0 Å². The van der Waals surface area contributed by atoms with Crippen LogP contribution in [-0.4, -0.2) is 66.3 Å². The molecule has 3 aromatic rings. The van der Waals surface area contributed by atoms with Gasteiger partial charge in [0, 0.05) is 56.9 Å². The van der Waals surface area contributed by atoms with Crippen molar-refractivity contribution in [2.45, 2.75) is 6.92 Å². The Hall–Kier alpha value is -2.93. The number of carbonyl (C=O) groups excluding carboxylic acids is 2. The van der Waals surface area contributed by atoms with E-state index >= 15 is 0 Å². The maximum Gasteiger partial charge on any atom is 0.274 e. The fraction of sp³-hybridized carbons (Fsp3) is 0.318. The maximum atomic E-state index is 13.0. The first kappa shape index (κ1) is 19.4. The van der Waals surface area contributed by atoms with Gasteiger partial charge in [0.25, 0.3) is 11.8 Å². The molecule has 2 aromatic carbocycles. The van der Waals surface area contributed by atoms with Crippen molar-refractivity contribution < 1.29 is 9.59 Å². The summed E-state index contributed by atoms with van der Waals surface area (Å²) < 4.78 is 5.42. The van der Waals surface area contributed by atoms with Crippen LogP contribution in [0.2, 0.25) is 0 Å². The van der Waals surface area contributed by atoms with E-state index in [9.17, 15) is 9.59 Å². The van der Waals surface area contributed by atoms with Crippen molar-refractivity contribution in [3.05, 3.63) is 59.3 Å². The third kappa shape index (κ3) is 3.82. The summed E-state index contributed by atoms with van der Waals surface area (Å²) in [5.74, 6) is -0.0403. The van der Waals surface area contributed by atoms with Crippen LogP contribution in [0.25, 0.3) is 10.1 Å². The van der Waals surface area contributed by atoms with Crippen LogP contribution < -0.4 is 4.90 Å². The second-order valence-electron chi connectivity index (χ2n) is 7.56. The molecule has 0 unspecified atom stereocenters. The number of rotatable bonds is 3. The summed E-state index contributed by atoms with van der Waals surface area (Å²) in [6.45, 7) is 4.11. The van der Waals surface area contributed by atoms with Gasteiger partial charge in [-0.3, -0.25) is 9.59 Å². The number of anilines is 1. The van der Waals surface area contributed by atoms with E-state index in [1.54, 1.807) is 4.90 Å². The molecule has 4 rings (SSSR count). The van der Waals surface area contributed by atoms with Crippen molar-refractivity contribution in [3.8, 4) is 0 Å². The molecule has 150 valence electrons. The molecule has 1 aliphatic rings. The number of carbonyl (C=O) groups is 2. The molecule has 2 amide bonds. The first-order valence-corrected chi connectivity index (χ1v) is 10.4. The predicted octanol–water partition coefficient (Wildman–Crippen LogP) is 3.27. The molecule has 7 heteroatoms. The lowest BCUT2D eigenvalue weighted by Crippen LogP contribution is -2.50. The SMILES string of the molecule is Cc1ccc2snc(C(=O)N3CCN(C(=O)c4ccc(N(C)C)cc4)CC3)c2c1. The van der Waals surface area contributed by atoms with Crippen molar-refractivity contribution in [2.24, 2.45) is 0 Å². The fourth-order valence-electron chi connectivity index (χ4n) is 3.55. The molecule has 6 nitrogen and oxygen atoms in total. The third-order valence-electron chi connectivity index (χ3n) is 5.31. The zero-order valence-corrected chi connectivity index (χ0v) is 17.7. The van der Waals surface area contributed by atoms with Crippen LogP contribution >= 0.6 is 11.5 Å². The summed E-state index contributed by atoms with van der Waals surface area (Å²) in [6.07, 6.45) is 0. The molecule has 0 saturated carbocycles. The molecule has 1 aliphatic heterocycles. The fourth-order valence-corrected chi connectivity index (χ4v) is 4.30. The van der Waals surface area contributed by atoms with Crippen molar-refractivity contribution in [2.75, 3.05) is 45.2 Å². The van der Waals surface area contributed by atoms with E-state index in [2.05, 4.69) is 4.37 Å². The summed E-state index contributed by atoms with van der Waals surface area (Å²) in [4.78, 5) is 31.4. The van der Waals surface area contributed by atoms with Gasteiger partial charge in [0.2, 0.25) is 0 Å². The zero-order valence-electron chi connectivity index (χ0n) is 16.9. The lowest BCUT2D eigenvalue weighted by atomic mass is 10.1. The van der Waals surface area contributed by atoms with Crippen LogP contribution in [0, 0.1) is 6.92 Å². The van der Waals surface area contributed by atoms with Crippen LogP contribution in [0.15, 0.2) is 42.5 Å². The molecule has 0 aliphatic carbocycles. The number of amides is 2. The zero-order chi connectivity index (χ0) is 20.5. The molecule has 2 heterocycles. The first-order chi connectivity index (χ1) is 13.9. The number of hydrogen-bond donors (Lipinski definition) is 0. The molecular weight excluding hydrogens is 384 g/mol. The van der Waals surface area contributed by atoms with Gasteiger partial charge in [-0.05, 0) is 54.9 Å². The average Bonchev–Trinajstić information content (AvgIpc) is 3.16. The summed E-state index contributed by atoms with van der Waals surface area (Å²) in [7, 11) is 3.94. The molecule has 1 fully saturated rings. The van der Waals surface area contributed by atoms with Gasteiger partial charge in [-0.2, -0.15) is 4.37 Å². The molecule has 1 aromatic heterocycles. The van der Waals surface area contributed by atoms with Crippen LogP contribution in [0.5, 0.6) is 0 Å². The number of nitrogens with zero attached hydrogens (tertiary/aromatic N) is 4. The number of benzene rings is 2. The highest BCUT2D eigenvalue weighted by Gasteiger charge is 2.27. The van der Waals surface area contributed by atoms with Crippen molar-refractivity contribution >= 4 is 39.1 Å². The molecule has 0 spiro atoms. The van der Waals surface area contributed by atoms with Crippen molar-refractivity contribution in [1.82, 2.24) is 14.2 Å². The Morgan fingerprint density at radius 2 is 1.55 bits per heavy atom. The molecular formula is C22H24N4O2S. The van der Waals surface area contributed by atoms with Crippen molar-refractivity contribution in [1.29, 1.82) is 0 Å². The number of fused-ring (bicyclic) bond motifs is 1. The van der Waals surface area contributed by atoms with Gasteiger partial charge in [0.15, 0.2) is 0 Å². The Balaban J connectivity index is 1.42. The standard InChI is InChI=1S/C22H24N4O2S/c1-15-4-9-19-18(14-15)20(23-29-19)22(28)26-12-10-25(11-13-26)21(27)16-5-7-17(8-6-16)24(2)3/h4-9,14H,10-13H2,1-3H3. The molecule has 0 radical (unpaired) electrons. The first-order valence-electron chi connectivity index (χ1n) is 9.66. The van der Waals surface area contributed by atoms with Gasteiger partial charge < -0.3 is 14.7 Å². The quantitative estimate of drug-likeness (QED) is 0.668. The summed E-state index contributed by atoms with van der Waals surface area (Å²) in [6, 6.07) is 13.7. The minimum absolute atomic E-state index is 0.0112. The van der Waals surface area contributed by atoms with E-state index in [1.807, 2.05) is 73.3 Å². The van der Waals surface area contributed by atoms with Gasteiger partial charge in [-0.15, -0.1) is 0 Å². The minimum Gasteiger partial charge on any atom is -0.378 e. The Bertz CT molecular complexity index is 1050. The highest BCUT2D eigenvalue weighted by Crippen LogP contribution is 2.25. The Morgan fingerprint density at radius 3 is 2.17 bits per heavy atom. The lowest BCUT2D eigenvalue weighted by molar-refractivity contribution is 0.0534. The van der Waals surface area contributed by atoms with Gasteiger partial charge in [-0.1, -0.05) is 11.6 Å². The van der Waals surface area contributed by atoms with E-state index in [0.717, 1.165) is 21.3 Å². The number of piperazine rings is 1. The van der Waals surface area contributed by atoms with Gasteiger partial charge in [0.05, 0.1) is 4.70 Å². The lowest BCUT2D eigenvalue weighted by Gasteiger charge is -2.34. The van der Waals surface area contributed by atoms with E-state index < -0.39 is 0 Å². The third-order valence-corrected chi connectivity index (χ3v) is 6.14. The highest BCUT2D eigenvalue weighted by molar-refractivity contribution is 7.13. The van der Waals surface area contributed by atoms with Gasteiger partial charge in [0.1, 0.15) is 5.69 Å². The van der Waals surface area contributed by atoms with Crippen molar-refractivity contribution in [3.63, 3.8) is 0 Å². The minimum atomic E-state index is -0.0516. The van der Waals surface area contributed by atoms with Crippen LogP contribution in [0.1, 0.15) is 26.4 Å². The Morgan fingerprint density at radius 1 is 0.931 bits per heavy atom. The molecule has 1 saturated heterocycles. The van der Waals surface area contributed by atoms with Gasteiger partial charge in [-0.25, -0.2) is 0 Å². The summed E-state index contributed by atoms with van der Waals surface area (Å²) in [5.41, 5.74) is 3.37. The predicted molar refractivity (Wildman–Crippen MR) is 117 cm³/mol. The Kier molecular flexibility index (Phi) is 5.24. The summed E-state index contributed by atoms with van der Waals surface area (Å²) in [5, 5.41) is 0.916. The van der Waals surface area contributed by atoms with E-state index in [1.165, 1.54) is 11.5 Å². The van der Waals surface area contributed by atoms with Crippen LogP contribution in [0.3, 0.4) is 0 Å². The van der Waals surface area contributed by atoms with Crippen LogP contribution in [-0.2, 0) is 0 Å². The van der Waals surface area contributed by atoms with E-state index in [0.29, 0.717) is 37.4 Å². The van der Waals surface area contributed by atoms with Crippen LogP contribution in [0.4, 0.5) is 5.69 Å². The maximum absolute atomic E-state index is 13.0. The average molecular weight is 409 g/mol. The number of aryl methyl sites for hydroxylation is 1. The van der Waals surface area contributed by atoms with E-state index in [4.69, 9.17) is 0 Å². The topological polar surface area (TPSA) is 56.8 Å². The monoisotopic (exact) mass is 408 g/mol. The normalized spacial score (nSPS) is 14.3. The summed E-state index contributed by atoms with van der Waals surface area (Å²) >= 11 is 1.36. The second-order valence-corrected chi connectivity index (χ2v) is 8.36. The Labute approximate surface area is 174 Å². The molecule has 29 heavy (non-hydrogen) atoms. The molecule has 0 N–H and O–H groups in total. The number of aromatic nitrogens is 1. The smallest absolute Gasteiger partial charge is 0.274 e. The highest BCUT2D eigenvalue weighted by atomic mass is 32.1. The second kappa shape index (κ2) is 7.83. The van der Waals surface area contributed by atoms with E-state index in [-0.39, 0.29) is 11.8 Å². The largest absolute Gasteiger partial charge is 0.378 e. The molecule has 0 bridgehead atoms.